The van der Waals surface area contributed by atoms with E-state index in [4.69, 9.17) is 10.5 Å². The van der Waals surface area contributed by atoms with Crippen LogP contribution in [0.15, 0.2) is 54.6 Å². The molecule has 2 aromatic carbocycles. The monoisotopic (exact) mass is 366 g/mol. The summed E-state index contributed by atoms with van der Waals surface area (Å²) in [6.07, 6.45) is 0.953. The van der Waals surface area contributed by atoms with Crippen LogP contribution in [0.1, 0.15) is 27.9 Å². The Bertz CT molecular complexity index is 818. The topological polar surface area (TPSA) is 89.7 Å². The molecule has 3 rings (SSSR count). The van der Waals surface area contributed by atoms with Crippen molar-refractivity contribution in [3.05, 3.63) is 71.3 Å². The molecule has 140 valence electrons. The molecule has 1 saturated heterocycles. The molecule has 2 aromatic rings. The fraction of sp³-hybridized carbons (Fsp3) is 0.286. The molecule has 27 heavy (non-hydrogen) atoms. The van der Waals surface area contributed by atoms with Crippen LogP contribution in [-0.2, 0) is 27.4 Å². The van der Waals surface area contributed by atoms with E-state index in [0.29, 0.717) is 18.7 Å². The zero-order valence-corrected chi connectivity index (χ0v) is 15.0. The largest absolute Gasteiger partial charge is 0.461 e. The highest BCUT2D eigenvalue weighted by atomic mass is 16.5. The zero-order valence-electron chi connectivity index (χ0n) is 15.0. The van der Waals surface area contributed by atoms with Gasteiger partial charge in [-0.2, -0.15) is 0 Å². The molecule has 0 aromatic heterocycles. The third-order valence-corrected chi connectivity index (χ3v) is 4.68. The number of ether oxygens (including phenoxy) is 1. The standard InChI is InChI=1S/C21H22N2O4/c22-20(25)17-8-6-16(7-9-17)14-27-21(26)18-12-19(24)23(13-18)11-10-15-4-2-1-3-5-15/h1-9,18H,10-14H2,(H2,22,25)/t18-/m0/s1. The van der Waals surface area contributed by atoms with Gasteiger partial charge in [0.05, 0.1) is 5.92 Å². The second-order valence-electron chi connectivity index (χ2n) is 6.65. The number of hydrogen-bond donors (Lipinski definition) is 1. The summed E-state index contributed by atoms with van der Waals surface area (Å²) in [6, 6.07) is 16.5. The normalized spacial score (nSPS) is 16.4. The molecule has 1 aliphatic rings. The smallest absolute Gasteiger partial charge is 0.311 e. The van der Waals surface area contributed by atoms with E-state index in [-0.39, 0.29) is 24.9 Å². The summed E-state index contributed by atoms with van der Waals surface area (Å²) in [7, 11) is 0. The lowest BCUT2D eigenvalue weighted by Crippen LogP contribution is -2.28. The minimum absolute atomic E-state index is 0.0151. The van der Waals surface area contributed by atoms with E-state index in [1.807, 2.05) is 30.3 Å². The van der Waals surface area contributed by atoms with Crippen LogP contribution < -0.4 is 5.73 Å². The van der Waals surface area contributed by atoms with E-state index in [0.717, 1.165) is 17.5 Å². The summed E-state index contributed by atoms with van der Waals surface area (Å²) < 4.78 is 5.34. The van der Waals surface area contributed by atoms with Crippen molar-refractivity contribution in [3.8, 4) is 0 Å². The third kappa shape index (κ3) is 4.94. The predicted molar refractivity (Wildman–Crippen MR) is 99.6 cm³/mol. The Balaban J connectivity index is 1.47. The van der Waals surface area contributed by atoms with Gasteiger partial charge in [0.15, 0.2) is 0 Å². The first-order chi connectivity index (χ1) is 13.0. The van der Waals surface area contributed by atoms with Crippen molar-refractivity contribution in [2.75, 3.05) is 13.1 Å². The lowest BCUT2D eigenvalue weighted by molar-refractivity contribution is -0.149. The van der Waals surface area contributed by atoms with E-state index in [1.165, 1.54) is 0 Å². The number of carbonyl (C=O) groups excluding carboxylic acids is 3. The maximum atomic E-state index is 12.3. The number of benzene rings is 2. The van der Waals surface area contributed by atoms with Crippen molar-refractivity contribution in [3.63, 3.8) is 0 Å². The van der Waals surface area contributed by atoms with Crippen molar-refractivity contribution in [2.24, 2.45) is 11.7 Å². The highest BCUT2D eigenvalue weighted by molar-refractivity contribution is 5.92. The van der Waals surface area contributed by atoms with Gasteiger partial charge in [-0.05, 0) is 29.7 Å². The summed E-state index contributed by atoms with van der Waals surface area (Å²) in [6.45, 7) is 1.10. The molecule has 1 heterocycles. The SMILES string of the molecule is NC(=O)c1ccc(COC(=O)[C@H]2CC(=O)N(CCc3ccccc3)C2)cc1. The van der Waals surface area contributed by atoms with Crippen molar-refractivity contribution in [2.45, 2.75) is 19.4 Å². The molecule has 1 atom stereocenters. The minimum Gasteiger partial charge on any atom is -0.461 e. The van der Waals surface area contributed by atoms with Gasteiger partial charge in [0.25, 0.3) is 0 Å². The molecule has 0 bridgehead atoms. The van der Waals surface area contributed by atoms with Crippen molar-refractivity contribution < 1.29 is 19.1 Å². The van der Waals surface area contributed by atoms with Gasteiger partial charge < -0.3 is 15.4 Å². The highest BCUT2D eigenvalue weighted by Gasteiger charge is 2.35. The summed E-state index contributed by atoms with van der Waals surface area (Å²) in [4.78, 5) is 37.2. The third-order valence-electron chi connectivity index (χ3n) is 4.68. The van der Waals surface area contributed by atoms with Crippen LogP contribution in [0.2, 0.25) is 0 Å². The van der Waals surface area contributed by atoms with Gasteiger partial charge in [-0.25, -0.2) is 0 Å². The molecule has 6 heteroatoms. The fourth-order valence-electron chi connectivity index (χ4n) is 3.09. The summed E-state index contributed by atoms with van der Waals surface area (Å²) in [5, 5.41) is 0. The van der Waals surface area contributed by atoms with E-state index in [1.54, 1.807) is 29.2 Å². The number of nitrogens with two attached hydrogens (primary N) is 1. The number of esters is 1. The molecule has 2 N–H and O–H groups in total. The first kappa shape index (κ1) is 18.6. The van der Waals surface area contributed by atoms with Crippen LogP contribution in [0.4, 0.5) is 0 Å². The molecule has 6 nitrogen and oxygen atoms in total. The molecule has 0 aliphatic carbocycles. The predicted octanol–water partition coefficient (Wildman–Crippen LogP) is 1.92. The number of likely N-dealkylation sites (tertiary alicyclic amines) is 1. The van der Waals surface area contributed by atoms with Crippen LogP contribution in [0.3, 0.4) is 0 Å². The average molecular weight is 366 g/mol. The summed E-state index contributed by atoms with van der Waals surface area (Å²) in [5.41, 5.74) is 7.52. The highest BCUT2D eigenvalue weighted by Crippen LogP contribution is 2.20. The molecule has 2 amide bonds. The van der Waals surface area contributed by atoms with E-state index < -0.39 is 11.8 Å². The summed E-state index contributed by atoms with van der Waals surface area (Å²) >= 11 is 0. The minimum atomic E-state index is -0.501. The van der Waals surface area contributed by atoms with Crippen LogP contribution in [0.5, 0.6) is 0 Å². The van der Waals surface area contributed by atoms with Gasteiger partial charge in [-0.1, -0.05) is 42.5 Å². The molecule has 1 aliphatic heterocycles. The molecule has 0 radical (unpaired) electrons. The van der Waals surface area contributed by atoms with E-state index in [9.17, 15) is 14.4 Å². The second-order valence-corrected chi connectivity index (χ2v) is 6.65. The number of carbonyl (C=O) groups is 3. The Kier molecular flexibility index (Phi) is 5.86. The number of hydrogen-bond acceptors (Lipinski definition) is 4. The number of amides is 2. The van der Waals surface area contributed by atoms with Gasteiger partial charge in [0, 0.05) is 25.1 Å². The fourth-order valence-corrected chi connectivity index (χ4v) is 3.09. The average Bonchev–Trinajstić information content (AvgIpc) is 3.06. The Morgan fingerprint density at radius 3 is 2.41 bits per heavy atom. The first-order valence-electron chi connectivity index (χ1n) is 8.90. The van der Waals surface area contributed by atoms with Gasteiger partial charge >= 0.3 is 5.97 Å². The Labute approximate surface area is 157 Å². The van der Waals surface area contributed by atoms with Gasteiger partial charge in [-0.15, -0.1) is 0 Å². The number of nitrogens with zero attached hydrogens (tertiary/aromatic N) is 1. The van der Waals surface area contributed by atoms with Crippen LogP contribution in [0, 0.1) is 5.92 Å². The van der Waals surface area contributed by atoms with Crippen molar-refractivity contribution in [1.29, 1.82) is 0 Å². The second kappa shape index (κ2) is 8.49. The molecular weight excluding hydrogens is 344 g/mol. The Morgan fingerprint density at radius 2 is 1.74 bits per heavy atom. The summed E-state index contributed by atoms with van der Waals surface area (Å²) in [5.74, 6) is -1.32. The maximum Gasteiger partial charge on any atom is 0.311 e. The molecule has 0 saturated carbocycles. The number of rotatable bonds is 7. The van der Waals surface area contributed by atoms with Crippen LogP contribution in [0.25, 0.3) is 0 Å². The van der Waals surface area contributed by atoms with Crippen LogP contribution >= 0.6 is 0 Å². The first-order valence-corrected chi connectivity index (χ1v) is 8.90. The zero-order chi connectivity index (χ0) is 19.2. The lowest BCUT2D eigenvalue weighted by atomic mass is 10.1. The molecular formula is C21H22N2O4. The molecule has 1 fully saturated rings. The quantitative estimate of drug-likeness (QED) is 0.758. The van der Waals surface area contributed by atoms with Gasteiger partial charge in [0.2, 0.25) is 11.8 Å². The molecule has 0 unspecified atom stereocenters. The van der Waals surface area contributed by atoms with Crippen LogP contribution in [-0.4, -0.2) is 35.8 Å². The Morgan fingerprint density at radius 1 is 1.04 bits per heavy atom. The van der Waals surface area contributed by atoms with Crippen molar-refractivity contribution >= 4 is 17.8 Å². The van der Waals surface area contributed by atoms with E-state index in [2.05, 4.69) is 0 Å². The van der Waals surface area contributed by atoms with Crippen molar-refractivity contribution in [1.82, 2.24) is 4.90 Å². The number of primary amides is 1. The lowest BCUT2D eigenvalue weighted by Gasteiger charge is -2.16. The molecule has 0 spiro atoms. The Hall–Kier alpha value is -3.15. The maximum absolute atomic E-state index is 12.3. The van der Waals surface area contributed by atoms with Gasteiger partial charge in [-0.3, -0.25) is 14.4 Å². The van der Waals surface area contributed by atoms with Gasteiger partial charge in [0.1, 0.15) is 6.61 Å². The van der Waals surface area contributed by atoms with E-state index >= 15 is 0 Å².